The molecule has 0 radical (unpaired) electrons. The first kappa shape index (κ1) is 16.4. The molecule has 1 aromatic carbocycles. The number of aliphatic hydroxyl groups excluding tert-OH is 1. The Morgan fingerprint density at radius 2 is 1.92 bits per heavy atom. The Balaban J connectivity index is 1.73. The van der Waals surface area contributed by atoms with Crippen molar-refractivity contribution in [2.75, 3.05) is 24.6 Å². The summed E-state index contributed by atoms with van der Waals surface area (Å²) in [5, 5.41) is 10.6. The minimum Gasteiger partial charge on any atom is -0.394 e. The number of nitrogens with two attached hydrogens (primary N) is 1. The molecule has 0 amide bonds. The monoisotopic (exact) mass is 354 g/mol. The molecule has 4 rings (SSSR count). The number of piperidine rings is 1. The van der Waals surface area contributed by atoms with Gasteiger partial charge >= 0.3 is 0 Å². The van der Waals surface area contributed by atoms with Gasteiger partial charge in [-0.25, -0.2) is 9.97 Å². The van der Waals surface area contributed by atoms with E-state index in [1.54, 1.807) is 11.3 Å². The fraction of sp³-hybridized carbons (Fsp3) is 0.368. The number of thiophene rings is 1. The Bertz CT molecular complexity index is 885. The Labute approximate surface area is 151 Å². The summed E-state index contributed by atoms with van der Waals surface area (Å²) in [5.74, 6) is 1.77. The van der Waals surface area contributed by atoms with Crippen molar-refractivity contribution in [2.45, 2.75) is 25.3 Å². The third kappa shape index (κ3) is 3.13. The van der Waals surface area contributed by atoms with Crippen LogP contribution in [0.25, 0.3) is 20.7 Å². The summed E-state index contributed by atoms with van der Waals surface area (Å²) in [5.41, 5.74) is 6.96. The molecule has 3 heterocycles. The average molecular weight is 354 g/mol. The molecule has 1 aliphatic rings. The molecule has 3 N–H and O–H groups in total. The minimum absolute atomic E-state index is 0.0374. The van der Waals surface area contributed by atoms with Gasteiger partial charge in [0, 0.05) is 23.5 Å². The number of hydrogen-bond donors (Lipinski definition) is 2. The lowest BCUT2D eigenvalue weighted by molar-refractivity contribution is 0.170. The first-order valence-corrected chi connectivity index (χ1v) is 9.38. The second kappa shape index (κ2) is 6.37. The van der Waals surface area contributed by atoms with Gasteiger partial charge in [0.2, 0.25) is 0 Å². The fourth-order valence-electron chi connectivity index (χ4n) is 3.32. The Morgan fingerprint density at radius 1 is 1.20 bits per heavy atom. The molecule has 25 heavy (non-hydrogen) atoms. The van der Waals surface area contributed by atoms with Crippen molar-refractivity contribution < 1.29 is 5.11 Å². The highest BCUT2D eigenvalue weighted by atomic mass is 32.1. The van der Waals surface area contributed by atoms with Crippen LogP contribution in [-0.2, 0) is 0 Å². The molecular formula is C19H22N4OS. The van der Waals surface area contributed by atoms with E-state index in [0.29, 0.717) is 0 Å². The topological polar surface area (TPSA) is 75.3 Å². The average Bonchev–Trinajstić information content (AvgIpc) is 3.06. The molecule has 0 unspecified atom stereocenters. The molecule has 0 aliphatic carbocycles. The molecule has 5 nitrogen and oxygen atoms in total. The number of aryl methyl sites for hydroxylation is 1. The van der Waals surface area contributed by atoms with Crippen LogP contribution in [0.3, 0.4) is 0 Å². The van der Waals surface area contributed by atoms with Gasteiger partial charge in [0.05, 0.1) is 12.0 Å². The van der Waals surface area contributed by atoms with Crippen LogP contribution in [0.1, 0.15) is 18.7 Å². The number of benzene rings is 1. The van der Waals surface area contributed by atoms with Crippen LogP contribution in [-0.4, -0.2) is 40.3 Å². The largest absolute Gasteiger partial charge is 0.394 e. The van der Waals surface area contributed by atoms with Gasteiger partial charge in [-0.3, -0.25) is 0 Å². The zero-order chi connectivity index (χ0) is 17.4. The van der Waals surface area contributed by atoms with Gasteiger partial charge in [0.15, 0.2) is 0 Å². The number of aromatic nitrogens is 2. The highest BCUT2D eigenvalue weighted by molar-refractivity contribution is 7.21. The fourth-order valence-corrected chi connectivity index (χ4v) is 4.39. The summed E-state index contributed by atoms with van der Waals surface area (Å²) in [6, 6.07) is 12.6. The third-order valence-electron chi connectivity index (χ3n) is 4.92. The Kier molecular flexibility index (Phi) is 4.19. The van der Waals surface area contributed by atoms with Crippen LogP contribution in [0.15, 0.2) is 36.4 Å². The van der Waals surface area contributed by atoms with Gasteiger partial charge in [-0.1, -0.05) is 30.3 Å². The van der Waals surface area contributed by atoms with Crippen molar-refractivity contribution in [3.63, 3.8) is 0 Å². The molecule has 2 aromatic heterocycles. The lowest BCUT2D eigenvalue weighted by Crippen LogP contribution is -2.53. The van der Waals surface area contributed by atoms with Crippen molar-refractivity contribution in [3.8, 4) is 10.4 Å². The smallest absolute Gasteiger partial charge is 0.141 e. The number of hydrogen-bond acceptors (Lipinski definition) is 6. The first-order valence-electron chi connectivity index (χ1n) is 8.56. The number of aliphatic hydroxyl groups is 1. The SMILES string of the molecule is Cc1nc(N2CCC(N)(CO)CC2)c2cc(-c3ccccc3)sc2n1. The molecular weight excluding hydrogens is 332 g/mol. The maximum absolute atomic E-state index is 9.48. The lowest BCUT2D eigenvalue weighted by Gasteiger charge is -2.38. The summed E-state index contributed by atoms with van der Waals surface area (Å²) >= 11 is 1.70. The van der Waals surface area contributed by atoms with E-state index in [9.17, 15) is 5.11 Å². The number of fused-ring (bicyclic) bond motifs is 1. The van der Waals surface area contributed by atoms with E-state index in [2.05, 4.69) is 40.2 Å². The molecule has 1 fully saturated rings. The standard InChI is InChI=1S/C19H22N4OS/c1-13-21-17(23-9-7-19(20,12-24)8-10-23)15-11-16(25-18(15)22-13)14-5-3-2-4-6-14/h2-6,11,24H,7-10,12,20H2,1H3. The molecule has 0 saturated carbocycles. The van der Waals surface area contributed by atoms with Crippen LogP contribution in [0.2, 0.25) is 0 Å². The van der Waals surface area contributed by atoms with Crippen molar-refractivity contribution in [2.24, 2.45) is 5.73 Å². The maximum Gasteiger partial charge on any atom is 0.141 e. The van der Waals surface area contributed by atoms with Crippen molar-refractivity contribution in [1.82, 2.24) is 9.97 Å². The van der Waals surface area contributed by atoms with Crippen molar-refractivity contribution >= 4 is 27.4 Å². The molecule has 3 aromatic rings. The summed E-state index contributed by atoms with van der Waals surface area (Å²) < 4.78 is 0. The van der Waals surface area contributed by atoms with Crippen LogP contribution < -0.4 is 10.6 Å². The van der Waals surface area contributed by atoms with Crippen LogP contribution >= 0.6 is 11.3 Å². The summed E-state index contributed by atoms with van der Waals surface area (Å²) in [6.45, 7) is 3.59. The summed E-state index contributed by atoms with van der Waals surface area (Å²) in [6.07, 6.45) is 1.54. The van der Waals surface area contributed by atoms with E-state index < -0.39 is 5.54 Å². The minimum atomic E-state index is -0.457. The van der Waals surface area contributed by atoms with E-state index >= 15 is 0 Å². The van der Waals surface area contributed by atoms with Crippen LogP contribution in [0, 0.1) is 6.92 Å². The van der Waals surface area contributed by atoms with Gasteiger partial charge in [0.25, 0.3) is 0 Å². The molecule has 0 spiro atoms. The normalized spacial score (nSPS) is 17.2. The molecule has 1 saturated heterocycles. The van der Waals surface area contributed by atoms with Crippen molar-refractivity contribution in [3.05, 3.63) is 42.2 Å². The zero-order valence-electron chi connectivity index (χ0n) is 14.3. The van der Waals surface area contributed by atoms with Crippen LogP contribution in [0.5, 0.6) is 0 Å². The lowest BCUT2D eigenvalue weighted by atomic mass is 9.89. The quantitative estimate of drug-likeness (QED) is 0.756. The molecule has 130 valence electrons. The highest BCUT2D eigenvalue weighted by Gasteiger charge is 2.31. The first-order chi connectivity index (χ1) is 12.1. The zero-order valence-corrected chi connectivity index (χ0v) is 15.1. The van der Waals surface area contributed by atoms with E-state index in [-0.39, 0.29) is 6.61 Å². The predicted molar refractivity (Wildman–Crippen MR) is 103 cm³/mol. The van der Waals surface area contributed by atoms with Crippen LogP contribution in [0.4, 0.5) is 5.82 Å². The summed E-state index contributed by atoms with van der Waals surface area (Å²) in [7, 11) is 0. The number of anilines is 1. The number of nitrogens with zero attached hydrogens (tertiary/aromatic N) is 3. The van der Waals surface area contributed by atoms with E-state index in [1.165, 1.54) is 10.4 Å². The van der Waals surface area contributed by atoms with Crippen molar-refractivity contribution in [1.29, 1.82) is 0 Å². The van der Waals surface area contributed by atoms with E-state index in [4.69, 9.17) is 10.7 Å². The third-order valence-corrected chi connectivity index (χ3v) is 5.99. The van der Waals surface area contributed by atoms with Gasteiger partial charge in [-0.2, -0.15) is 0 Å². The predicted octanol–water partition coefficient (Wildman–Crippen LogP) is 2.96. The molecule has 6 heteroatoms. The molecule has 0 bridgehead atoms. The summed E-state index contributed by atoms with van der Waals surface area (Å²) in [4.78, 5) is 13.9. The second-order valence-electron chi connectivity index (χ2n) is 6.80. The van der Waals surface area contributed by atoms with E-state index in [0.717, 1.165) is 47.8 Å². The molecule has 1 aliphatic heterocycles. The van der Waals surface area contributed by atoms with Gasteiger partial charge < -0.3 is 15.7 Å². The Morgan fingerprint density at radius 3 is 2.60 bits per heavy atom. The Hall–Kier alpha value is -2.02. The van der Waals surface area contributed by atoms with Gasteiger partial charge in [-0.15, -0.1) is 11.3 Å². The van der Waals surface area contributed by atoms with Gasteiger partial charge in [-0.05, 0) is 31.4 Å². The maximum atomic E-state index is 9.48. The van der Waals surface area contributed by atoms with Gasteiger partial charge in [0.1, 0.15) is 16.5 Å². The highest BCUT2D eigenvalue weighted by Crippen LogP contribution is 2.37. The number of rotatable bonds is 3. The second-order valence-corrected chi connectivity index (χ2v) is 7.83. The molecule has 0 atom stereocenters. The van der Waals surface area contributed by atoms with E-state index in [1.807, 2.05) is 13.0 Å².